The van der Waals surface area contributed by atoms with E-state index in [1.54, 1.807) is 42.5 Å². The third-order valence-corrected chi connectivity index (χ3v) is 2.57. The average molecular weight is 271 g/mol. The van der Waals surface area contributed by atoms with Crippen LogP contribution in [0.1, 0.15) is 10.4 Å². The van der Waals surface area contributed by atoms with Gasteiger partial charge in [-0.05, 0) is 30.3 Å². The van der Waals surface area contributed by atoms with Crippen molar-refractivity contribution >= 4 is 29.1 Å². The second kappa shape index (κ2) is 5.75. The normalized spacial score (nSPS) is 9.80. The molecule has 0 saturated carbocycles. The predicted molar refractivity (Wildman–Crippen MR) is 76.9 cm³/mol. The molecule has 0 heterocycles. The van der Waals surface area contributed by atoms with Crippen molar-refractivity contribution in [2.75, 3.05) is 16.4 Å². The quantitative estimate of drug-likeness (QED) is 0.644. The first kappa shape index (κ1) is 13.4. The molecule has 0 atom stereocenters. The zero-order chi connectivity index (χ0) is 14.5. The summed E-state index contributed by atoms with van der Waals surface area (Å²) in [5.41, 5.74) is 7.04. The molecule has 0 bridgehead atoms. The molecule has 2 rings (SSSR count). The van der Waals surface area contributed by atoms with Crippen LogP contribution in [0.15, 0.2) is 48.5 Å². The number of carbonyl (C=O) groups excluding carboxylic acids is 1. The zero-order valence-corrected chi connectivity index (χ0v) is 10.5. The van der Waals surface area contributed by atoms with E-state index in [4.69, 9.17) is 10.8 Å². The van der Waals surface area contributed by atoms with Gasteiger partial charge in [0.2, 0.25) is 0 Å². The standard InChI is InChI=1S/C14H13N3O3/c15-10-6-7-11(12(8-10)17-14(19)20)16-13(18)9-4-2-1-3-5-9/h1-8,17H,15H2,(H,16,18)(H,19,20). The maximum Gasteiger partial charge on any atom is 0.409 e. The van der Waals surface area contributed by atoms with Gasteiger partial charge in [0.05, 0.1) is 11.4 Å². The zero-order valence-electron chi connectivity index (χ0n) is 10.5. The van der Waals surface area contributed by atoms with Crippen LogP contribution in [-0.4, -0.2) is 17.1 Å². The van der Waals surface area contributed by atoms with E-state index in [0.29, 0.717) is 16.9 Å². The molecule has 0 unspecified atom stereocenters. The maximum atomic E-state index is 12.0. The molecule has 0 radical (unpaired) electrons. The molecule has 2 aromatic carbocycles. The number of nitrogens with two attached hydrogens (primary N) is 1. The van der Waals surface area contributed by atoms with Crippen molar-refractivity contribution in [3.8, 4) is 0 Å². The van der Waals surface area contributed by atoms with E-state index in [0.717, 1.165) is 0 Å². The fraction of sp³-hybridized carbons (Fsp3) is 0. The van der Waals surface area contributed by atoms with Crippen LogP contribution in [0.4, 0.5) is 21.9 Å². The summed E-state index contributed by atoms with van der Waals surface area (Å²) in [6.07, 6.45) is -1.23. The summed E-state index contributed by atoms with van der Waals surface area (Å²) in [6, 6.07) is 13.2. The molecule has 20 heavy (non-hydrogen) atoms. The number of amides is 2. The third kappa shape index (κ3) is 3.26. The van der Waals surface area contributed by atoms with Gasteiger partial charge >= 0.3 is 6.09 Å². The lowest BCUT2D eigenvalue weighted by Gasteiger charge is -2.11. The number of nitrogens with one attached hydrogen (secondary N) is 2. The van der Waals surface area contributed by atoms with Crippen LogP contribution in [0.3, 0.4) is 0 Å². The SMILES string of the molecule is Nc1ccc(NC(=O)c2ccccc2)c(NC(=O)O)c1. The van der Waals surface area contributed by atoms with Crippen LogP contribution >= 0.6 is 0 Å². The number of nitrogen functional groups attached to an aromatic ring is 1. The molecule has 0 saturated heterocycles. The minimum atomic E-state index is -1.23. The van der Waals surface area contributed by atoms with E-state index in [-0.39, 0.29) is 11.6 Å². The maximum absolute atomic E-state index is 12.0. The van der Waals surface area contributed by atoms with E-state index >= 15 is 0 Å². The lowest BCUT2D eigenvalue weighted by molar-refractivity contribution is 0.102. The number of hydrogen-bond acceptors (Lipinski definition) is 3. The molecule has 0 spiro atoms. The van der Waals surface area contributed by atoms with Crippen molar-refractivity contribution in [1.82, 2.24) is 0 Å². The predicted octanol–water partition coefficient (Wildman–Crippen LogP) is 2.61. The molecule has 0 fully saturated rings. The van der Waals surface area contributed by atoms with Crippen molar-refractivity contribution in [3.63, 3.8) is 0 Å². The summed E-state index contributed by atoms with van der Waals surface area (Å²) in [4.78, 5) is 22.7. The number of rotatable bonds is 3. The number of benzene rings is 2. The summed E-state index contributed by atoms with van der Waals surface area (Å²) < 4.78 is 0. The van der Waals surface area contributed by atoms with Crippen LogP contribution in [0.2, 0.25) is 0 Å². The first-order valence-corrected chi connectivity index (χ1v) is 5.82. The van der Waals surface area contributed by atoms with Gasteiger partial charge in [-0.15, -0.1) is 0 Å². The van der Waals surface area contributed by atoms with Crippen LogP contribution in [0.25, 0.3) is 0 Å². The first-order chi connectivity index (χ1) is 9.56. The number of anilines is 3. The Bertz CT molecular complexity index is 641. The highest BCUT2D eigenvalue weighted by Crippen LogP contribution is 2.25. The van der Waals surface area contributed by atoms with E-state index in [1.807, 2.05) is 0 Å². The van der Waals surface area contributed by atoms with Gasteiger partial charge in [0, 0.05) is 11.3 Å². The summed E-state index contributed by atoms with van der Waals surface area (Å²) in [5.74, 6) is -0.330. The van der Waals surface area contributed by atoms with Crippen LogP contribution in [-0.2, 0) is 0 Å². The molecule has 0 aliphatic carbocycles. The summed E-state index contributed by atoms with van der Waals surface area (Å²) in [6.45, 7) is 0. The van der Waals surface area contributed by atoms with Gasteiger partial charge in [-0.25, -0.2) is 4.79 Å². The van der Waals surface area contributed by atoms with Crippen LogP contribution in [0, 0.1) is 0 Å². The Kier molecular flexibility index (Phi) is 3.85. The van der Waals surface area contributed by atoms with Gasteiger partial charge < -0.3 is 16.2 Å². The van der Waals surface area contributed by atoms with Crippen LogP contribution in [0.5, 0.6) is 0 Å². The second-order valence-corrected chi connectivity index (χ2v) is 4.06. The fourth-order valence-corrected chi connectivity index (χ4v) is 1.67. The number of carboxylic acid groups (broad SMARTS) is 1. The van der Waals surface area contributed by atoms with Crippen molar-refractivity contribution in [1.29, 1.82) is 0 Å². The molecule has 5 N–H and O–H groups in total. The topological polar surface area (TPSA) is 104 Å². The van der Waals surface area contributed by atoms with Crippen molar-refractivity contribution in [3.05, 3.63) is 54.1 Å². The molecule has 0 aliphatic rings. The van der Waals surface area contributed by atoms with Crippen molar-refractivity contribution < 1.29 is 14.7 Å². The highest BCUT2D eigenvalue weighted by atomic mass is 16.4. The smallest absolute Gasteiger partial charge is 0.409 e. The van der Waals surface area contributed by atoms with Gasteiger partial charge in [0.25, 0.3) is 5.91 Å². The summed E-state index contributed by atoms with van der Waals surface area (Å²) in [5, 5.41) is 13.6. The average Bonchev–Trinajstić information content (AvgIpc) is 2.42. The summed E-state index contributed by atoms with van der Waals surface area (Å²) >= 11 is 0. The van der Waals surface area contributed by atoms with E-state index in [1.165, 1.54) is 6.07 Å². The molecule has 0 aliphatic heterocycles. The minimum Gasteiger partial charge on any atom is -0.465 e. The molecular formula is C14H13N3O3. The van der Waals surface area contributed by atoms with E-state index in [2.05, 4.69) is 10.6 Å². The highest BCUT2D eigenvalue weighted by Gasteiger charge is 2.10. The molecule has 6 heteroatoms. The van der Waals surface area contributed by atoms with Gasteiger partial charge in [-0.2, -0.15) is 0 Å². The Balaban J connectivity index is 2.25. The number of hydrogen-bond donors (Lipinski definition) is 4. The van der Waals surface area contributed by atoms with Crippen LogP contribution < -0.4 is 16.4 Å². The molecular weight excluding hydrogens is 258 g/mol. The van der Waals surface area contributed by atoms with E-state index < -0.39 is 6.09 Å². The Hall–Kier alpha value is -3.02. The largest absolute Gasteiger partial charge is 0.465 e. The molecule has 102 valence electrons. The highest BCUT2D eigenvalue weighted by molar-refractivity contribution is 6.07. The first-order valence-electron chi connectivity index (χ1n) is 5.82. The Morgan fingerprint density at radius 3 is 2.30 bits per heavy atom. The molecule has 6 nitrogen and oxygen atoms in total. The van der Waals surface area contributed by atoms with Crippen molar-refractivity contribution in [2.45, 2.75) is 0 Å². The van der Waals surface area contributed by atoms with Crippen molar-refractivity contribution in [2.24, 2.45) is 0 Å². The molecule has 2 amide bonds. The Morgan fingerprint density at radius 2 is 1.65 bits per heavy atom. The Morgan fingerprint density at radius 1 is 0.950 bits per heavy atom. The molecule has 2 aromatic rings. The lowest BCUT2D eigenvalue weighted by Crippen LogP contribution is -2.15. The monoisotopic (exact) mass is 271 g/mol. The molecule has 0 aromatic heterocycles. The minimum absolute atomic E-state index is 0.224. The Labute approximate surface area is 115 Å². The number of carbonyl (C=O) groups is 2. The van der Waals surface area contributed by atoms with Gasteiger partial charge in [0.15, 0.2) is 0 Å². The van der Waals surface area contributed by atoms with Gasteiger partial charge in [0.1, 0.15) is 0 Å². The van der Waals surface area contributed by atoms with Gasteiger partial charge in [-0.3, -0.25) is 10.1 Å². The fourth-order valence-electron chi connectivity index (χ4n) is 1.67. The summed E-state index contributed by atoms with van der Waals surface area (Å²) in [7, 11) is 0. The van der Waals surface area contributed by atoms with Gasteiger partial charge in [-0.1, -0.05) is 18.2 Å². The second-order valence-electron chi connectivity index (χ2n) is 4.06. The lowest BCUT2D eigenvalue weighted by atomic mass is 10.2. The van der Waals surface area contributed by atoms with E-state index in [9.17, 15) is 9.59 Å². The third-order valence-electron chi connectivity index (χ3n) is 2.57.